The molecule has 3 rings (SSSR count). The van der Waals surface area contributed by atoms with E-state index in [4.69, 9.17) is 19.9 Å². The van der Waals surface area contributed by atoms with Gasteiger partial charge in [0.1, 0.15) is 27.4 Å². The highest BCUT2D eigenvalue weighted by Gasteiger charge is 2.21. The molecule has 0 unspecified atom stereocenters. The average molecular weight is 434 g/mol. The van der Waals surface area contributed by atoms with Gasteiger partial charge < -0.3 is 29.6 Å². The maximum atomic E-state index is 10.6. The number of ether oxygens (including phenoxy) is 3. The highest BCUT2D eigenvalue weighted by Crippen LogP contribution is 2.45. The van der Waals surface area contributed by atoms with Gasteiger partial charge in [0.05, 0.1) is 39.0 Å². The van der Waals surface area contributed by atoms with E-state index in [0.717, 1.165) is 5.56 Å². The first kappa shape index (κ1) is 18.9. The van der Waals surface area contributed by atoms with E-state index in [9.17, 15) is 5.11 Å². The molecule has 2 aromatic carbocycles. The third-order valence-electron chi connectivity index (χ3n) is 4.31. The minimum Gasteiger partial charge on any atom is -0.505 e. The summed E-state index contributed by atoms with van der Waals surface area (Å²) in [6.45, 7) is 0. The molecule has 3 aromatic rings. The minimum atomic E-state index is -0.0600. The Balaban J connectivity index is 2.25. The molecule has 1 aromatic heterocycles. The van der Waals surface area contributed by atoms with Gasteiger partial charge in [0.25, 0.3) is 0 Å². The second kappa shape index (κ2) is 7.40. The van der Waals surface area contributed by atoms with Crippen molar-refractivity contribution in [1.82, 2.24) is 9.55 Å². The molecule has 0 fully saturated rings. The van der Waals surface area contributed by atoms with Crippen LogP contribution in [0.25, 0.3) is 22.5 Å². The van der Waals surface area contributed by atoms with Crippen LogP contribution in [0.2, 0.25) is 0 Å². The SMILES string of the molecule is COc1ccc(-c2c(-c3cc(OC)c(Br)c(OC)c3)ncn2C)c(O)c1N. The van der Waals surface area contributed by atoms with Crippen LogP contribution in [0.5, 0.6) is 23.0 Å². The third kappa shape index (κ3) is 3.16. The molecule has 0 spiro atoms. The van der Waals surface area contributed by atoms with Crippen molar-refractivity contribution >= 4 is 21.6 Å². The number of aryl methyl sites for hydroxylation is 1. The van der Waals surface area contributed by atoms with Crippen molar-refractivity contribution in [2.75, 3.05) is 27.1 Å². The van der Waals surface area contributed by atoms with Crippen LogP contribution in [0.3, 0.4) is 0 Å². The number of benzene rings is 2. The summed E-state index contributed by atoms with van der Waals surface area (Å²) in [5.74, 6) is 1.57. The summed E-state index contributed by atoms with van der Waals surface area (Å²) in [6.07, 6.45) is 1.67. The Bertz CT molecular complexity index is 976. The van der Waals surface area contributed by atoms with Crippen molar-refractivity contribution in [1.29, 1.82) is 0 Å². The zero-order valence-corrected chi connectivity index (χ0v) is 17.0. The van der Waals surface area contributed by atoms with Crippen LogP contribution < -0.4 is 19.9 Å². The van der Waals surface area contributed by atoms with E-state index in [-0.39, 0.29) is 11.4 Å². The van der Waals surface area contributed by atoms with E-state index in [1.807, 2.05) is 23.7 Å². The number of halogens is 1. The summed E-state index contributed by atoms with van der Waals surface area (Å²) in [5.41, 5.74) is 8.85. The smallest absolute Gasteiger partial charge is 0.151 e. The summed E-state index contributed by atoms with van der Waals surface area (Å²) < 4.78 is 18.6. The molecule has 1 heterocycles. The number of aromatic hydroxyl groups is 1. The first-order valence-corrected chi connectivity index (χ1v) is 8.81. The lowest BCUT2D eigenvalue weighted by atomic mass is 10.0. The first-order valence-electron chi connectivity index (χ1n) is 8.01. The van der Waals surface area contributed by atoms with Crippen LogP contribution in [-0.2, 0) is 7.05 Å². The molecule has 0 radical (unpaired) electrons. The molecule has 27 heavy (non-hydrogen) atoms. The molecule has 142 valence electrons. The van der Waals surface area contributed by atoms with Gasteiger partial charge in [-0.25, -0.2) is 4.98 Å². The molecule has 8 heteroatoms. The van der Waals surface area contributed by atoms with Crippen LogP contribution in [0, 0.1) is 0 Å². The van der Waals surface area contributed by atoms with E-state index in [1.165, 1.54) is 7.11 Å². The van der Waals surface area contributed by atoms with Crippen LogP contribution in [0.1, 0.15) is 0 Å². The minimum absolute atomic E-state index is 0.0600. The Morgan fingerprint density at radius 2 is 1.63 bits per heavy atom. The molecule has 0 aliphatic heterocycles. The van der Waals surface area contributed by atoms with Gasteiger partial charge in [0.2, 0.25) is 0 Å². The Kier molecular flexibility index (Phi) is 5.18. The quantitative estimate of drug-likeness (QED) is 0.469. The van der Waals surface area contributed by atoms with Crippen LogP contribution in [0.15, 0.2) is 35.1 Å². The fourth-order valence-electron chi connectivity index (χ4n) is 2.92. The van der Waals surface area contributed by atoms with E-state index >= 15 is 0 Å². The van der Waals surface area contributed by atoms with E-state index < -0.39 is 0 Å². The molecule has 0 aliphatic rings. The summed E-state index contributed by atoms with van der Waals surface area (Å²) in [4.78, 5) is 4.51. The molecular weight excluding hydrogens is 414 g/mol. The lowest BCUT2D eigenvalue weighted by Gasteiger charge is -2.14. The topological polar surface area (TPSA) is 91.8 Å². The fourth-order valence-corrected chi connectivity index (χ4v) is 3.48. The number of phenols is 1. The van der Waals surface area contributed by atoms with Gasteiger partial charge in [-0.05, 0) is 40.2 Å². The standard InChI is InChI=1S/C19H20BrN3O4/c1-23-9-22-17(10-7-13(26-3)15(20)14(8-10)27-4)18(23)11-5-6-12(25-2)16(21)19(11)24/h5-9,24H,21H2,1-4H3. The maximum absolute atomic E-state index is 10.6. The zero-order chi connectivity index (χ0) is 19.7. The number of hydrogen-bond donors (Lipinski definition) is 2. The van der Waals surface area contributed by atoms with Gasteiger partial charge in [0, 0.05) is 18.2 Å². The third-order valence-corrected chi connectivity index (χ3v) is 5.09. The second-order valence-corrected chi connectivity index (χ2v) is 6.62. The molecule has 0 atom stereocenters. The predicted octanol–water partition coefficient (Wildman–Crippen LogP) is 3.83. The maximum Gasteiger partial charge on any atom is 0.151 e. The molecule has 0 saturated heterocycles. The molecular formula is C19H20BrN3O4. The zero-order valence-electron chi connectivity index (χ0n) is 15.4. The number of aromatic nitrogens is 2. The Morgan fingerprint density at radius 1 is 1.04 bits per heavy atom. The van der Waals surface area contributed by atoms with Crippen molar-refractivity contribution in [3.8, 4) is 45.5 Å². The van der Waals surface area contributed by atoms with Gasteiger partial charge in [0.15, 0.2) is 5.75 Å². The van der Waals surface area contributed by atoms with Gasteiger partial charge in [-0.2, -0.15) is 0 Å². The normalized spacial score (nSPS) is 10.7. The average Bonchev–Trinajstić information content (AvgIpc) is 3.05. The van der Waals surface area contributed by atoms with Crippen molar-refractivity contribution < 1.29 is 19.3 Å². The van der Waals surface area contributed by atoms with E-state index in [0.29, 0.717) is 38.7 Å². The molecule has 0 bridgehead atoms. The summed E-state index contributed by atoms with van der Waals surface area (Å²) in [7, 11) is 6.51. The summed E-state index contributed by atoms with van der Waals surface area (Å²) in [5, 5.41) is 10.6. The number of nitrogens with zero attached hydrogens (tertiary/aromatic N) is 2. The van der Waals surface area contributed by atoms with Crippen LogP contribution in [0.4, 0.5) is 5.69 Å². The fraction of sp³-hybridized carbons (Fsp3) is 0.211. The number of hydrogen-bond acceptors (Lipinski definition) is 6. The summed E-state index contributed by atoms with van der Waals surface area (Å²) >= 11 is 3.47. The highest BCUT2D eigenvalue weighted by atomic mass is 79.9. The van der Waals surface area contributed by atoms with Crippen molar-refractivity contribution in [2.24, 2.45) is 7.05 Å². The monoisotopic (exact) mass is 433 g/mol. The molecule has 0 amide bonds. The molecule has 0 saturated carbocycles. The Hall–Kier alpha value is -2.87. The number of nitrogen functional groups attached to an aromatic ring is 1. The van der Waals surface area contributed by atoms with Crippen LogP contribution >= 0.6 is 15.9 Å². The second-order valence-electron chi connectivity index (χ2n) is 5.83. The molecule has 0 aliphatic carbocycles. The number of methoxy groups -OCH3 is 3. The van der Waals surface area contributed by atoms with Gasteiger partial charge in [-0.1, -0.05) is 0 Å². The van der Waals surface area contributed by atoms with E-state index in [2.05, 4.69) is 20.9 Å². The van der Waals surface area contributed by atoms with Gasteiger partial charge in [-0.15, -0.1) is 0 Å². The lowest BCUT2D eigenvalue weighted by molar-refractivity contribution is 0.390. The van der Waals surface area contributed by atoms with Gasteiger partial charge in [-0.3, -0.25) is 0 Å². The molecule has 3 N–H and O–H groups in total. The predicted molar refractivity (Wildman–Crippen MR) is 108 cm³/mol. The Labute approximate surface area is 165 Å². The number of anilines is 1. The lowest BCUT2D eigenvalue weighted by Crippen LogP contribution is -1.98. The summed E-state index contributed by atoms with van der Waals surface area (Å²) in [6, 6.07) is 7.16. The van der Waals surface area contributed by atoms with Gasteiger partial charge >= 0.3 is 0 Å². The largest absolute Gasteiger partial charge is 0.505 e. The highest BCUT2D eigenvalue weighted by molar-refractivity contribution is 9.10. The molecule has 7 nitrogen and oxygen atoms in total. The van der Waals surface area contributed by atoms with Crippen molar-refractivity contribution in [3.63, 3.8) is 0 Å². The number of rotatable bonds is 5. The Morgan fingerprint density at radius 3 is 2.19 bits per heavy atom. The number of phenolic OH excluding ortho intramolecular Hbond substituents is 1. The van der Waals surface area contributed by atoms with Crippen molar-refractivity contribution in [3.05, 3.63) is 35.1 Å². The first-order chi connectivity index (χ1) is 12.9. The van der Waals surface area contributed by atoms with E-state index in [1.54, 1.807) is 32.7 Å². The van der Waals surface area contributed by atoms with Crippen LogP contribution in [-0.4, -0.2) is 36.0 Å². The van der Waals surface area contributed by atoms with Crippen molar-refractivity contribution in [2.45, 2.75) is 0 Å². The number of nitrogens with two attached hydrogens (primary N) is 1. The number of imidazole rings is 1.